The van der Waals surface area contributed by atoms with Crippen LogP contribution in [0.15, 0.2) is 18.2 Å². The first-order valence-electron chi connectivity index (χ1n) is 7.18. The second-order valence-electron chi connectivity index (χ2n) is 6.08. The van der Waals surface area contributed by atoms with Gasteiger partial charge in [-0.2, -0.15) is 0 Å². The van der Waals surface area contributed by atoms with Gasteiger partial charge in [0.15, 0.2) is 0 Å². The lowest BCUT2D eigenvalue weighted by molar-refractivity contribution is -0.119. The molecule has 1 aromatic rings. The number of rotatable bonds is 3. The average Bonchev–Trinajstić information content (AvgIpc) is 2.93. The Balaban J connectivity index is 1.85. The van der Waals surface area contributed by atoms with Crippen molar-refractivity contribution in [2.75, 3.05) is 6.61 Å². The van der Waals surface area contributed by atoms with Gasteiger partial charge in [0.2, 0.25) is 5.91 Å². The number of benzene rings is 1. The molecule has 2 heterocycles. The Kier molecular flexibility index (Phi) is 3.21. The van der Waals surface area contributed by atoms with Crippen molar-refractivity contribution in [2.45, 2.75) is 45.1 Å². The Hall–Kier alpha value is -1.51. The van der Waals surface area contributed by atoms with Gasteiger partial charge < -0.3 is 10.1 Å². The third-order valence-corrected chi connectivity index (χ3v) is 4.10. The maximum Gasteiger partial charge on any atom is 0.220 e. The molecule has 0 bridgehead atoms. The maximum absolute atomic E-state index is 11.7. The van der Waals surface area contributed by atoms with Gasteiger partial charge in [-0.1, -0.05) is 26.0 Å². The van der Waals surface area contributed by atoms with Crippen LogP contribution in [0.3, 0.4) is 0 Å². The van der Waals surface area contributed by atoms with Crippen LogP contribution in [0, 0.1) is 5.92 Å². The third kappa shape index (κ3) is 2.46. The van der Waals surface area contributed by atoms with Crippen molar-refractivity contribution in [1.82, 2.24) is 5.32 Å². The fraction of sp³-hybridized carbons (Fsp3) is 0.562. The zero-order chi connectivity index (χ0) is 13.4. The number of ether oxygens (including phenoxy) is 1. The number of nitrogens with one attached hydrogen (secondary N) is 1. The standard InChI is InChI=1S/C16H21NO2/c1-10(2)7-14-13(9-16(18)17-14)11-3-4-15-12(8-11)5-6-19-15/h3-4,8,10,13-14H,5-7,9H2,1-2H3,(H,17,18). The number of carbonyl (C=O) groups excluding carboxylic acids is 1. The molecule has 0 aliphatic carbocycles. The minimum atomic E-state index is 0.187. The molecular formula is C16H21NO2. The van der Waals surface area contributed by atoms with Crippen LogP contribution in [0.5, 0.6) is 5.75 Å². The summed E-state index contributed by atoms with van der Waals surface area (Å²) < 4.78 is 5.55. The van der Waals surface area contributed by atoms with E-state index in [2.05, 4.69) is 37.4 Å². The SMILES string of the molecule is CC(C)CC1NC(=O)CC1c1ccc2c(c1)CCO2. The fourth-order valence-corrected chi connectivity index (χ4v) is 3.23. The molecule has 3 heteroatoms. The van der Waals surface area contributed by atoms with Gasteiger partial charge >= 0.3 is 0 Å². The molecule has 0 radical (unpaired) electrons. The van der Waals surface area contributed by atoms with Gasteiger partial charge in [-0.15, -0.1) is 0 Å². The normalized spacial score (nSPS) is 25.3. The van der Waals surface area contributed by atoms with Crippen LogP contribution in [0.2, 0.25) is 0 Å². The molecule has 2 aliphatic rings. The van der Waals surface area contributed by atoms with Gasteiger partial charge in [0.05, 0.1) is 6.61 Å². The highest BCUT2D eigenvalue weighted by molar-refractivity contribution is 5.80. The van der Waals surface area contributed by atoms with E-state index in [1.165, 1.54) is 11.1 Å². The molecule has 102 valence electrons. The van der Waals surface area contributed by atoms with E-state index < -0.39 is 0 Å². The summed E-state index contributed by atoms with van der Waals surface area (Å²) in [6.45, 7) is 5.20. The van der Waals surface area contributed by atoms with Gasteiger partial charge in [-0.3, -0.25) is 4.79 Å². The van der Waals surface area contributed by atoms with Crippen molar-refractivity contribution >= 4 is 5.91 Å². The van der Waals surface area contributed by atoms with Crippen molar-refractivity contribution in [1.29, 1.82) is 0 Å². The van der Waals surface area contributed by atoms with E-state index in [4.69, 9.17) is 4.74 Å². The van der Waals surface area contributed by atoms with Crippen molar-refractivity contribution in [3.8, 4) is 5.75 Å². The summed E-state index contributed by atoms with van der Waals surface area (Å²) in [4.78, 5) is 11.7. The number of amides is 1. The molecule has 1 N–H and O–H groups in total. The van der Waals surface area contributed by atoms with Gasteiger partial charge in [0.1, 0.15) is 5.75 Å². The molecule has 1 saturated heterocycles. The Morgan fingerprint density at radius 3 is 3.05 bits per heavy atom. The van der Waals surface area contributed by atoms with E-state index in [1.807, 2.05) is 0 Å². The van der Waals surface area contributed by atoms with Gasteiger partial charge in [-0.05, 0) is 29.5 Å². The first-order chi connectivity index (χ1) is 9.13. The lowest BCUT2D eigenvalue weighted by Crippen LogP contribution is -2.29. The van der Waals surface area contributed by atoms with Crippen molar-refractivity contribution in [3.63, 3.8) is 0 Å². The zero-order valence-corrected chi connectivity index (χ0v) is 11.6. The van der Waals surface area contributed by atoms with Crippen molar-refractivity contribution in [3.05, 3.63) is 29.3 Å². The number of carbonyl (C=O) groups is 1. The van der Waals surface area contributed by atoms with Crippen LogP contribution in [0.4, 0.5) is 0 Å². The number of fused-ring (bicyclic) bond motifs is 1. The summed E-state index contributed by atoms with van der Waals surface area (Å²) in [6.07, 6.45) is 2.66. The Morgan fingerprint density at radius 1 is 1.42 bits per heavy atom. The molecule has 19 heavy (non-hydrogen) atoms. The van der Waals surface area contributed by atoms with Crippen LogP contribution in [0.1, 0.15) is 43.7 Å². The van der Waals surface area contributed by atoms with E-state index in [-0.39, 0.29) is 11.9 Å². The largest absolute Gasteiger partial charge is 0.493 e. The Morgan fingerprint density at radius 2 is 2.26 bits per heavy atom. The molecule has 2 atom stereocenters. The summed E-state index contributed by atoms with van der Waals surface area (Å²) >= 11 is 0. The smallest absolute Gasteiger partial charge is 0.220 e. The number of hydrogen-bond donors (Lipinski definition) is 1. The quantitative estimate of drug-likeness (QED) is 0.906. The minimum Gasteiger partial charge on any atom is -0.493 e. The summed E-state index contributed by atoms with van der Waals surface area (Å²) in [5.74, 6) is 2.12. The lowest BCUT2D eigenvalue weighted by atomic mass is 9.86. The van der Waals surface area contributed by atoms with E-state index >= 15 is 0 Å². The predicted molar refractivity (Wildman–Crippen MR) is 74.4 cm³/mol. The second kappa shape index (κ2) is 4.87. The number of hydrogen-bond acceptors (Lipinski definition) is 2. The highest BCUT2D eigenvalue weighted by Gasteiger charge is 2.34. The summed E-state index contributed by atoms with van der Waals surface area (Å²) in [6, 6.07) is 6.71. The van der Waals surface area contributed by atoms with Crippen LogP contribution in [-0.2, 0) is 11.2 Å². The highest BCUT2D eigenvalue weighted by atomic mass is 16.5. The summed E-state index contributed by atoms with van der Waals surface area (Å²) in [5, 5.41) is 3.13. The molecule has 2 aliphatic heterocycles. The zero-order valence-electron chi connectivity index (χ0n) is 11.6. The average molecular weight is 259 g/mol. The monoisotopic (exact) mass is 259 g/mol. The molecule has 3 rings (SSSR count). The predicted octanol–water partition coefficient (Wildman–Crippen LogP) is 2.64. The first kappa shape index (κ1) is 12.5. The highest BCUT2D eigenvalue weighted by Crippen LogP contribution is 2.35. The van der Waals surface area contributed by atoms with Crippen LogP contribution >= 0.6 is 0 Å². The van der Waals surface area contributed by atoms with Crippen LogP contribution in [0.25, 0.3) is 0 Å². The van der Waals surface area contributed by atoms with Crippen LogP contribution < -0.4 is 10.1 Å². The van der Waals surface area contributed by atoms with Crippen molar-refractivity contribution in [2.24, 2.45) is 5.92 Å². The second-order valence-corrected chi connectivity index (χ2v) is 6.08. The van der Waals surface area contributed by atoms with E-state index in [9.17, 15) is 4.79 Å². The molecule has 3 nitrogen and oxygen atoms in total. The summed E-state index contributed by atoms with van der Waals surface area (Å²) in [7, 11) is 0. The van der Waals surface area contributed by atoms with Gasteiger partial charge in [-0.25, -0.2) is 0 Å². The Labute approximate surface area is 114 Å². The van der Waals surface area contributed by atoms with E-state index in [0.29, 0.717) is 18.3 Å². The maximum atomic E-state index is 11.7. The summed E-state index contributed by atoms with van der Waals surface area (Å²) in [5.41, 5.74) is 2.58. The van der Waals surface area contributed by atoms with Crippen LogP contribution in [-0.4, -0.2) is 18.6 Å². The molecule has 1 fully saturated rings. The molecule has 0 spiro atoms. The molecule has 1 aromatic carbocycles. The third-order valence-electron chi connectivity index (χ3n) is 4.10. The van der Waals surface area contributed by atoms with Gasteiger partial charge in [0, 0.05) is 24.8 Å². The topological polar surface area (TPSA) is 38.3 Å². The molecule has 0 aromatic heterocycles. The van der Waals surface area contributed by atoms with Crippen molar-refractivity contribution < 1.29 is 9.53 Å². The molecule has 0 saturated carbocycles. The van der Waals surface area contributed by atoms with Gasteiger partial charge in [0.25, 0.3) is 0 Å². The minimum absolute atomic E-state index is 0.187. The van der Waals surface area contributed by atoms with E-state index in [0.717, 1.165) is 25.2 Å². The molecular weight excluding hydrogens is 238 g/mol. The van der Waals surface area contributed by atoms with E-state index in [1.54, 1.807) is 0 Å². The lowest BCUT2D eigenvalue weighted by Gasteiger charge is -2.21. The molecule has 1 amide bonds. The molecule has 2 unspecified atom stereocenters. The first-order valence-corrected chi connectivity index (χ1v) is 7.18. The Bertz CT molecular complexity index is 496. The fourth-order valence-electron chi connectivity index (χ4n) is 3.23.